The van der Waals surface area contributed by atoms with E-state index in [4.69, 9.17) is 16.3 Å². The van der Waals surface area contributed by atoms with Crippen molar-refractivity contribution in [2.24, 2.45) is 0 Å². The second kappa shape index (κ2) is 11.5. The molecule has 0 aromatic heterocycles. The summed E-state index contributed by atoms with van der Waals surface area (Å²) in [5, 5.41) is 12.6. The highest BCUT2D eigenvalue weighted by Crippen LogP contribution is 2.26. The van der Waals surface area contributed by atoms with Crippen molar-refractivity contribution in [3.63, 3.8) is 0 Å². The van der Waals surface area contributed by atoms with Gasteiger partial charge in [-0.3, -0.25) is 4.79 Å². The van der Waals surface area contributed by atoms with Crippen molar-refractivity contribution in [1.29, 1.82) is 0 Å². The van der Waals surface area contributed by atoms with Gasteiger partial charge in [0, 0.05) is 33.1 Å². The number of hydrogen-bond acceptors (Lipinski definition) is 3. The largest absolute Gasteiger partial charge is 0.488 e. The fraction of sp³-hybridized carbons (Fsp3) is 0.120. The van der Waals surface area contributed by atoms with Crippen LogP contribution in [0, 0.1) is 0 Å². The van der Waals surface area contributed by atoms with Gasteiger partial charge in [0.15, 0.2) is 0 Å². The van der Waals surface area contributed by atoms with E-state index in [0.717, 1.165) is 15.6 Å². The van der Waals surface area contributed by atoms with Gasteiger partial charge in [0.05, 0.1) is 0 Å². The third-order valence-corrected chi connectivity index (χ3v) is 5.49. The van der Waals surface area contributed by atoms with E-state index in [1.54, 1.807) is 18.2 Å². The molecule has 164 valence electrons. The van der Waals surface area contributed by atoms with Crippen LogP contribution < -0.4 is 10.1 Å². The van der Waals surface area contributed by atoms with Crippen molar-refractivity contribution in [2.75, 3.05) is 0 Å². The molecular formula is C25H21BrClNO4. The maximum atomic E-state index is 12.4. The molecule has 0 aliphatic carbocycles. The summed E-state index contributed by atoms with van der Waals surface area (Å²) in [4.78, 5) is 24.0. The van der Waals surface area contributed by atoms with Crippen LogP contribution in [0.2, 0.25) is 5.02 Å². The zero-order chi connectivity index (χ0) is 22.9. The number of aliphatic carboxylic acids is 1. The van der Waals surface area contributed by atoms with Crippen molar-refractivity contribution in [3.05, 3.63) is 105 Å². The summed E-state index contributed by atoms with van der Waals surface area (Å²) in [5.41, 5.74) is 2.33. The number of amides is 1. The van der Waals surface area contributed by atoms with E-state index >= 15 is 0 Å². The molecule has 0 spiro atoms. The minimum atomic E-state index is -1.10. The first-order chi connectivity index (χ1) is 15.4. The highest BCUT2D eigenvalue weighted by Gasteiger charge is 2.19. The van der Waals surface area contributed by atoms with Crippen LogP contribution in [-0.4, -0.2) is 23.0 Å². The summed E-state index contributed by atoms with van der Waals surface area (Å²) in [7, 11) is 0. The fourth-order valence-corrected chi connectivity index (χ4v) is 3.56. The molecule has 0 aliphatic rings. The lowest BCUT2D eigenvalue weighted by atomic mass is 10.1. The van der Waals surface area contributed by atoms with Crippen LogP contribution in [0.15, 0.2) is 83.3 Å². The van der Waals surface area contributed by atoms with E-state index in [2.05, 4.69) is 21.2 Å². The second-order valence-electron chi connectivity index (χ2n) is 6.98. The van der Waals surface area contributed by atoms with Crippen LogP contribution in [0.25, 0.3) is 6.08 Å². The maximum Gasteiger partial charge on any atom is 0.326 e. The van der Waals surface area contributed by atoms with Gasteiger partial charge in [-0.15, -0.1) is 0 Å². The molecule has 5 nitrogen and oxygen atoms in total. The second-order valence-corrected chi connectivity index (χ2v) is 8.31. The van der Waals surface area contributed by atoms with Crippen LogP contribution in [-0.2, 0) is 22.6 Å². The molecule has 3 aromatic carbocycles. The Bertz CT molecular complexity index is 1120. The molecule has 32 heavy (non-hydrogen) atoms. The highest BCUT2D eigenvalue weighted by molar-refractivity contribution is 9.10. The monoisotopic (exact) mass is 513 g/mol. The molecule has 3 rings (SSSR count). The Morgan fingerprint density at radius 3 is 2.50 bits per heavy atom. The Morgan fingerprint density at radius 2 is 1.78 bits per heavy atom. The molecule has 1 atom stereocenters. The standard InChI is InChI=1S/C25H21BrClNO4/c26-20-11-12-23(32-16-19-8-4-5-9-21(19)27)18(15-20)10-13-24(29)28-22(25(30)31)14-17-6-2-1-3-7-17/h1-13,15,22H,14,16H2,(H,28,29)(H,30,31)/b13-10+. The minimum Gasteiger partial charge on any atom is -0.488 e. The predicted molar refractivity (Wildman–Crippen MR) is 129 cm³/mol. The normalized spacial score (nSPS) is 11.8. The number of halogens is 2. The molecule has 0 fully saturated rings. The van der Waals surface area contributed by atoms with E-state index < -0.39 is 17.9 Å². The van der Waals surface area contributed by atoms with Crippen LogP contribution >= 0.6 is 27.5 Å². The number of nitrogens with one attached hydrogen (secondary N) is 1. The number of rotatable bonds is 9. The van der Waals surface area contributed by atoms with Gasteiger partial charge in [-0.2, -0.15) is 0 Å². The third-order valence-electron chi connectivity index (χ3n) is 4.62. The molecule has 0 saturated heterocycles. The summed E-state index contributed by atoms with van der Waals surface area (Å²) in [6.07, 6.45) is 3.08. The zero-order valence-corrected chi connectivity index (χ0v) is 19.3. The van der Waals surface area contributed by atoms with E-state index in [9.17, 15) is 14.7 Å². The van der Waals surface area contributed by atoms with Crippen molar-refractivity contribution < 1.29 is 19.4 Å². The maximum absolute atomic E-state index is 12.4. The number of hydrogen-bond donors (Lipinski definition) is 2. The van der Waals surface area contributed by atoms with Crippen molar-refractivity contribution >= 4 is 45.5 Å². The molecule has 0 heterocycles. The molecule has 2 N–H and O–H groups in total. The van der Waals surface area contributed by atoms with Gasteiger partial charge in [-0.1, -0.05) is 76.1 Å². The van der Waals surface area contributed by atoms with Gasteiger partial charge in [-0.25, -0.2) is 4.79 Å². The quantitative estimate of drug-likeness (QED) is 0.369. The molecule has 7 heteroatoms. The summed E-state index contributed by atoms with van der Waals surface area (Å²) in [5.74, 6) is -1.04. The number of carboxylic acids is 1. The lowest BCUT2D eigenvalue weighted by molar-refractivity contribution is -0.141. The lowest BCUT2D eigenvalue weighted by Crippen LogP contribution is -2.41. The first-order valence-corrected chi connectivity index (χ1v) is 11.0. The Kier molecular flexibility index (Phi) is 8.48. The Hall–Kier alpha value is -3.09. The average Bonchev–Trinajstić information content (AvgIpc) is 2.78. The molecule has 0 bridgehead atoms. The van der Waals surface area contributed by atoms with Gasteiger partial charge in [0.1, 0.15) is 18.4 Å². The fourth-order valence-electron chi connectivity index (χ4n) is 2.99. The number of carbonyl (C=O) groups is 2. The summed E-state index contributed by atoms with van der Waals surface area (Å²) < 4.78 is 6.72. The average molecular weight is 515 g/mol. The third kappa shape index (κ3) is 6.97. The van der Waals surface area contributed by atoms with Gasteiger partial charge < -0.3 is 15.2 Å². The van der Waals surface area contributed by atoms with Crippen molar-refractivity contribution in [2.45, 2.75) is 19.1 Å². The van der Waals surface area contributed by atoms with E-state index in [1.165, 1.54) is 6.08 Å². The van der Waals surface area contributed by atoms with Gasteiger partial charge in [-0.05, 0) is 35.9 Å². The molecule has 3 aromatic rings. The van der Waals surface area contributed by atoms with Crippen molar-refractivity contribution in [3.8, 4) is 5.75 Å². The first-order valence-electron chi connectivity index (χ1n) is 9.83. The van der Waals surface area contributed by atoms with Gasteiger partial charge >= 0.3 is 5.97 Å². The summed E-state index contributed by atoms with van der Waals surface area (Å²) >= 11 is 9.61. The number of carbonyl (C=O) groups excluding carboxylic acids is 1. The van der Waals surface area contributed by atoms with Gasteiger partial charge in [0.2, 0.25) is 5.91 Å². The topological polar surface area (TPSA) is 75.6 Å². The minimum absolute atomic E-state index is 0.193. The van der Waals surface area contributed by atoms with Crippen LogP contribution in [0.5, 0.6) is 5.75 Å². The predicted octanol–water partition coefficient (Wildman–Crippen LogP) is 5.51. The smallest absolute Gasteiger partial charge is 0.326 e. The summed E-state index contributed by atoms with van der Waals surface area (Å²) in [6.45, 7) is 0.270. The van der Waals surface area contributed by atoms with Crippen LogP contribution in [0.4, 0.5) is 0 Å². The SMILES string of the molecule is O=C(/C=C/c1cc(Br)ccc1OCc1ccccc1Cl)NC(Cc1ccccc1)C(=O)O. The molecular weight excluding hydrogens is 494 g/mol. The van der Waals surface area contributed by atoms with E-state index in [0.29, 0.717) is 16.3 Å². The number of carboxylic acid groups (broad SMARTS) is 1. The zero-order valence-electron chi connectivity index (χ0n) is 17.0. The molecule has 1 unspecified atom stereocenters. The van der Waals surface area contributed by atoms with E-state index in [1.807, 2.05) is 60.7 Å². The van der Waals surface area contributed by atoms with Crippen LogP contribution in [0.3, 0.4) is 0 Å². The molecule has 0 radical (unpaired) electrons. The van der Waals surface area contributed by atoms with Gasteiger partial charge in [0.25, 0.3) is 0 Å². The number of ether oxygens (including phenoxy) is 1. The summed E-state index contributed by atoms with van der Waals surface area (Å²) in [6, 6.07) is 20.9. The molecule has 0 saturated carbocycles. The van der Waals surface area contributed by atoms with E-state index in [-0.39, 0.29) is 13.0 Å². The first kappa shape index (κ1) is 23.6. The Balaban J connectivity index is 1.69. The van der Waals surface area contributed by atoms with Crippen molar-refractivity contribution in [1.82, 2.24) is 5.32 Å². The highest BCUT2D eigenvalue weighted by atomic mass is 79.9. The molecule has 1 amide bonds. The van der Waals surface area contributed by atoms with Crippen LogP contribution in [0.1, 0.15) is 16.7 Å². The number of benzene rings is 3. The lowest BCUT2D eigenvalue weighted by Gasteiger charge is -2.13. The Morgan fingerprint density at radius 1 is 1.06 bits per heavy atom. The Labute approximate surface area is 199 Å². The molecule has 0 aliphatic heterocycles.